The number of ketones is 1. The topological polar surface area (TPSA) is 109 Å². The van der Waals surface area contributed by atoms with Gasteiger partial charge in [-0.05, 0) is 36.8 Å². The molecule has 4 aromatic rings. The molecule has 2 atom stereocenters. The fourth-order valence-electron chi connectivity index (χ4n) is 4.84. The Hall–Kier alpha value is -4.36. The van der Waals surface area contributed by atoms with Gasteiger partial charge in [-0.2, -0.15) is 18.4 Å². The first-order valence-corrected chi connectivity index (χ1v) is 12.0. The molecule has 2 N–H and O–H groups in total. The Morgan fingerprint density at radius 3 is 2.71 bits per heavy atom. The van der Waals surface area contributed by atoms with Gasteiger partial charge in [0.05, 0.1) is 28.6 Å². The quantitative estimate of drug-likeness (QED) is 0.383. The summed E-state index contributed by atoms with van der Waals surface area (Å²) in [4.78, 5) is 27.9. The largest absolute Gasteiger partial charge is 0.393 e. The van der Waals surface area contributed by atoms with E-state index in [1.165, 1.54) is 12.4 Å². The van der Waals surface area contributed by atoms with Crippen molar-refractivity contribution in [3.63, 3.8) is 0 Å². The third-order valence-electron chi connectivity index (χ3n) is 6.70. The number of hydrogen-bond acceptors (Lipinski definition) is 7. The van der Waals surface area contributed by atoms with Crippen LogP contribution in [0, 0.1) is 17.2 Å². The number of nitrogens with zero attached hydrogens (tertiary/aromatic N) is 5. The predicted molar refractivity (Wildman–Crippen MR) is 136 cm³/mol. The van der Waals surface area contributed by atoms with Crippen molar-refractivity contribution < 1.29 is 18.0 Å². The molecule has 192 valence electrons. The maximum absolute atomic E-state index is 13.5. The molecule has 0 unspecified atom stereocenters. The highest BCUT2D eigenvalue weighted by Gasteiger charge is 2.44. The average molecular weight is 517 g/mol. The smallest absolute Gasteiger partial charge is 0.369 e. The number of fused-ring (bicyclic) bond motifs is 1. The maximum Gasteiger partial charge on any atom is 0.393 e. The van der Waals surface area contributed by atoms with E-state index in [-0.39, 0.29) is 37.4 Å². The summed E-state index contributed by atoms with van der Waals surface area (Å²) >= 11 is 0. The molecule has 3 aromatic heterocycles. The van der Waals surface area contributed by atoms with Crippen LogP contribution in [0.15, 0.2) is 67.1 Å². The number of piperidine rings is 1. The highest BCUT2D eigenvalue weighted by atomic mass is 19.4. The van der Waals surface area contributed by atoms with Crippen LogP contribution in [0.1, 0.15) is 28.0 Å². The first-order chi connectivity index (χ1) is 18.2. The molecule has 4 heterocycles. The SMILES string of the molecule is N#Cc1ccccc1-c1cnc2ccc(C(=O)Cc3cnccc3N3C[C@@H](N)C[C@@H](C(F)(F)F)C3)nc2c1. The molecular weight excluding hydrogens is 493 g/mol. The number of Topliss-reactive ketones (excluding diaryl/α,β-unsaturated/α-hetero) is 1. The van der Waals surface area contributed by atoms with Crippen LogP contribution >= 0.6 is 0 Å². The molecule has 1 aliphatic heterocycles. The number of benzene rings is 1. The number of nitriles is 1. The number of nitrogens with two attached hydrogens (primary N) is 1. The van der Waals surface area contributed by atoms with Gasteiger partial charge in [0.15, 0.2) is 5.78 Å². The summed E-state index contributed by atoms with van der Waals surface area (Å²) in [5, 5.41) is 9.43. The van der Waals surface area contributed by atoms with E-state index in [0.29, 0.717) is 39.0 Å². The Labute approximate surface area is 216 Å². The van der Waals surface area contributed by atoms with Gasteiger partial charge in [0.2, 0.25) is 0 Å². The number of halogens is 3. The predicted octanol–water partition coefficient (Wildman–Crippen LogP) is 4.70. The van der Waals surface area contributed by atoms with Crippen LogP contribution in [0.5, 0.6) is 0 Å². The molecule has 38 heavy (non-hydrogen) atoms. The first-order valence-electron chi connectivity index (χ1n) is 12.0. The summed E-state index contributed by atoms with van der Waals surface area (Å²) in [7, 11) is 0. The normalized spacial score (nSPS) is 17.8. The molecule has 0 radical (unpaired) electrons. The highest BCUT2D eigenvalue weighted by molar-refractivity contribution is 5.98. The number of carbonyl (C=O) groups is 1. The van der Waals surface area contributed by atoms with E-state index in [1.807, 2.05) is 12.1 Å². The molecule has 1 fully saturated rings. The van der Waals surface area contributed by atoms with E-state index in [9.17, 15) is 23.2 Å². The fourth-order valence-corrected chi connectivity index (χ4v) is 4.84. The fraction of sp³-hybridized carbons (Fsp3) is 0.250. The molecule has 0 aliphatic carbocycles. The van der Waals surface area contributed by atoms with E-state index in [1.54, 1.807) is 47.5 Å². The Kier molecular flexibility index (Phi) is 6.78. The molecule has 5 rings (SSSR count). The Bertz CT molecular complexity index is 1550. The number of aromatic nitrogens is 3. The second-order valence-electron chi connectivity index (χ2n) is 9.36. The lowest BCUT2D eigenvalue weighted by molar-refractivity contribution is -0.177. The zero-order valence-corrected chi connectivity index (χ0v) is 20.2. The van der Waals surface area contributed by atoms with Crippen LogP contribution in [-0.4, -0.2) is 46.0 Å². The summed E-state index contributed by atoms with van der Waals surface area (Å²) < 4.78 is 40.4. The van der Waals surface area contributed by atoms with Crippen molar-refractivity contribution in [1.82, 2.24) is 15.0 Å². The van der Waals surface area contributed by atoms with Gasteiger partial charge in [-0.3, -0.25) is 14.8 Å². The second kappa shape index (κ2) is 10.2. The lowest BCUT2D eigenvalue weighted by atomic mass is 9.93. The average Bonchev–Trinajstić information content (AvgIpc) is 2.92. The molecule has 1 aromatic carbocycles. The second-order valence-corrected chi connectivity index (χ2v) is 9.36. The lowest BCUT2D eigenvalue weighted by Gasteiger charge is -2.39. The molecule has 10 heteroatoms. The van der Waals surface area contributed by atoms with Crippen molar-refractivity contribution in [3.8, 4) is 17.2 Å². The summed E-state index contributed by atoms with van der Waals surface area (Å²) in [6.45, 7) is 0.0277. The van der Waals surface area contributed by atoms with Gasteiger partial charge in [-0.25, -0.2) is 4.98 Å². The Balaban J connectivity index is 1.42. The van der Waals surface area contributed by atoms with E-state index in [4.69, 9.17) is 5.73 Å². The summed E-state index contributed by atoms with van der Waals surface area (Å²) in [5.41, 5.74) is 10.1. The number of pyridine rings is 3. The molecule has 7 nitrogen and oxygen atoms in total. The third kappa shape index (κ3) is 5.19. The van der Waals surface area contributed by atoms with Gasteiger partial charge < -0.3 is 10.6 Å². The molecule has 0 saturated carbocycles. The highest BCUT2D eigenvalue weighted by Crippen LogP contribution is 2.35. The van der Waals surface area contributed by atoms with Crippen LogP contribution in [0.2, 0.25) is 0 Å². The monoisotopic (exact) mass is 516 g/mol. The van der Waals surface area contributed by atoms with E-state index >= 15 is 0 Å². The molecule has 0 bridgehead atoms. The molecular formula is C28H23F3N6O. The minimum atomic E-state index is -4.35. The molecule has 0 spiro atoms. The number of anilines is 1. The van der Waals surface area contributed by atoms with Gasteiger partial charge in [0.1, 0.15) is 5.69 Å². The van der Waals surface area contributed by atoms with E-state index in [0.717, 1.165) is 0 Å². The van der Waals surface area contributed by atoms with Gasteiger partial charge in [0, 0.05) is 66.5 Å². The van der Waals surface area contributed by atoms with Gasteiger partial charge in [-0.1, -0.05) is 18.2 Å². The first kappa shape index (κ1) is 25.3. The Morgan fingerprint density at radius 2 is 1.92 bits per heavy atom. The summed E-state index contributed by atoms with van der Waals surface area (Å²) in [6, 6.07) is 15.3. The van der Waals surface area contributed by atoms with Gasteiger partial charge in [0.25, 0.3) is 0 Å². The van der Waals surface area contributed by atoms with Crippen molar-refractivity contribution in [2.45, 2.75) is 25.1 Å². The minimum absolute atomic E-state index is 0.0888. The number of rotatable bonds is 5. The number of carbonyl (C=O) groups excluding carboxylic acids is 1. The minimum Gasteiger partial charge on any atom is -0.369 e. The zero-order valence-electron chi connectivity index (χ0n) is 20.2. The van der Waals surface area contributed by atoms with Crippen LogP contribution < -0.4 is 10.6 Å². The van der Waals surface area contributed by atoms with Crippen LogP contribution in [0.25, 0.3) is 22.2 Å². The number of hydrogen-bond donors (Lipinski definition) is 1. The van der Waals surface area contributed by atoms with Gasteiger partial charge in [-0.15, -0.1) is 0 Å². The number of alkyl halides is 3. The maximum atomic E-state index is 13.5. The summed E-state index contributed by atoms with van der Waals surface area (Å²) in [5.74, 6) is -1.85. The third-order valence-corrected chi connectivity index (χ3v) is 6.70. The Morgan fingerprint density at radius 1 is 1.11 bits per heavy atom. The lowest BCUT2D eigenvalue weighted by Crippen LogP contribution is -2.51. The zero-order chi connectivity index (χ0) is 26.9. The van der Waals surface area contributed by atoms with Crippen molar-refractivity contribution in [2.24, 2.45) is 11.7 Å². The standard InChI is InChI=1S/C28H23F3N6O/c29-28(30,31)20-11-21(33)16-37(15-20)26-7-8-34-13-19(26)10-27(38)24-6-5-23-25(36-24)9-18(14-35-23)22-4-2-1-3-17(22)12-32/h1-9,13-14,20-21H,10-11,15-16,33H2/t20-,21+/m1/s1. The van der Waals surface area contributed by atoms with Crippen molar-refractivity contribution in [1.29, 1.82) is 5.26 Å². The molecule has 1 aliphatic rings. The van der Waals surface area contributed by atoms with Crippen molar-refractivity contribution >= 4 is 22.5 Å². The summed E-state index contributed by atoms with van der Waals surface area (Å²) in [6.07, 6.45) is 0.0713. The van der Waals surface area contributed by atoms with E-state index < -0.39 is 18.1 Å². The van der Waals surface area contributed by atoms with Crippen LogP contribution in [0.4, 0.5) is 18.9 Å². The molecule has 0 amide bonds. The van der Waals surface area contributed by atoms with Crippen LogP contribution in [-0.2, 0) is 6.42 Å². The molecule has 1 saturated heterocycles. The van der Waals surface area contributed by atoms with Crippen molar-refractivity contribution in [2.75, 3.05) is 18.0 Å². The van der Waals surface area contributed by atoms with Crippen LogP contribution in [0.3, 0.4) is 0 Å². The van der Waals surface area contributed by atoms with Gasteiger partial charge >= 0.3 is 6.18 Å². The van der Waals surface area contributed by atoms with Crippen molar-refractivity contribution in [3.05, 3.63) is 83.9 Å². The van der Waals surface area contributed by atoms with E-state index in [2.05, 4.69) is 21.0 Å².